The molecule has 0 atom stereocenters. The van der Waals surface area contributed by atoms with E-state index in [9.17, 15) is 9.59 Å². The van der Waals surface area contributed by atoms with Crippen molar-refractivity contribution >= 4 is 22.8 Å². The second-order valence-corrected chi connectivity index (χ2v) is 6.91. The lowest BCUT2D eigenvalue weighted by Gasteiger charge is -2.11. The van der Waals surface area contributed by atoms with E-state index in [1.165, 1.54) is 4.57 Å². The van der Waals surface area contributed by atoms with Crippen LogP contribution in [-0.4, -0.2) is 27.6 Å². The topological polar surface area (TPSA) is 86.1 Å². The van der Waals surface area contributed by atoms with Crippen molar-refractivity contribution in [3.05, 3.63) is 82.3 Å². The molecule has 0 fully saturated rings. The SMILES string of the molecule is COc1ccc(C)cc1NC(=O)c1ccc(-c2nc3cccnc3n(C)c2=O)cc1. The van der Waals surface area contributed by atoms with Crippen molar-refractivity contribution in [1.82, 2.24) is 14.5 Å². The molecule has 0 aliphatic heterocycles. The molecule has 7 heteroatoms. The Morgan fingerprint density at radius 1 is 1.10 bits per heavy atom. The molecule has 4 aromatic rings. The van der Waals surface area contributed by atoms with Gasteiger partial charge < -0.3 is 10.1 Å². The number of hydrogen-bond donors (Lipinski definition) is 1. The Morgan fingerprint density at radius 2 is 1.87 bits per heavy atom. The summed E-state index contributed by atoms with van der Waals surface area (Å²) >= 11 is 0. The van der Waals surface area contributed by atoms with Gasteiger partial charge in [0.2, 0.25) is 0 Å². The third kappa shape index (κ3) is 3.53. The second kappa shape index (κ2) is 7.79. The number of carbonyl (C=O) groups excluding carboxylic acids is 1. The van der Waals surface area contributed by atoms with Gasteiger partial charge in [-0.25, -0.2) is 9.97 Å². The van der Waals surface area contributed by atoms with Crippen LogP contribution in [0.5, 0.6) is 5.75 Å². The van der Waals surface area contributed by atoms with Crippen LogP contribution in [0.3, 0.4) is 0 Å². The number of aromatic nitrogens is 3. The predicted octanol–water partition coefficient (Wildman–Crippen LogP) is 3.56. The Balaban J connectivity index is 1.65. The molecular formula is C23H20N4O3. The molecule has 0 aliphatic carbocycles. The van der Waals surface area contributed by atoms with E-state index in [1.807, 2.05) is 31.2 Å². The van der Waals surface area contributed by atoms with E-state index in [2.05, 4.69) is 15.3 Å². The maximum atomic E-state index is 12.7. The molecule has 0 bridgehead atoms. The van der Waals surface area contributed by atoms with Crippen LogP contribution < -0.4 is 15.6 Å². The molecular weight excluding hydrogens is 380 g/mol. The highest BCUT2D eigenvalue weighted by Gasteiger charge is 2.14. The van der Waals surface area contributed by atoms with E-state index in [0.29, 0.717) is 39.4 Å². The molecule has 4 rings (SSSR count). The van der Waals surface area contributed by atoms with Crippen LogP contribution in [-0.2, 0) is 7.05 Å². The van der Waals surface area contributed by atoms with Crippen molar-refractivity contribution < 1.29 is 9.53 Å². The van der Waals surface area contributed by atoms with Gasteiger partial charge in [-0.2, -0.15) is 0 Å². The number of nitrogens with zero attached hydrogens (tertiary/aromatic N) is 3. The van der Waals surface area contributed by atoms with Gasteiger partial charge in [0.15, 0.2) is 5.65 Å². The summed E-state index contributed by atoms with van der Waals surface area (Å²) in [7, 11) is 3.22. The minimum Gasteiger partial charge on any atom is -0.495 e. The highest BCUT2D eigenvalue weighted by atomic mass is 16.5. The minimum absolute atomic E-state index is 0.247. The fourth-order valence-electron chi connectivity index (χ4n) is 3.24. The average molecular weight is 400 g/mol. The van der Waals surface area contributed by atoms with Crippen molar-refractivity contribution in [3.8, 4) is 17.0 Å². The molecule has 1 amide bonds. The first-order valence-electron chi connectivity index (χ1n) is 9.36. The number of carbonyl (C=O) groups is 1. The van der Waals surface area contributed by atoms with Gasteiger partial charge in [0, 0.05) is 24.4 Å². The van der Waals surface area contributed by atoms with E-state index in [1.54, 1.807) is 50.7 Å². The fraction of sp³-hybridized carbons (Fsp3) is 0.130. The molecule has 0 spiro atoms. The zero-order valence-corrected chi connectivity index (χ0v) is 16.8. The molecule has 2 aromatic heterocycles. The Bertz CT molecular complexity index is 1310. The van der Waals surface area contributed by atoms with Crippen LogP contribution in [0.4, 0.5) is 5.69 Å². The van der Waals surface area contributed by atoms with Gasteiger partial charge in [-0.05, 0) is 48.9 Å². The van der Waals surface area contributed by atoms with E-state index in [-0.39, 0.29) is 11.5 Å². The summed E-state index contributed by atoms with van der Waals surface area (Å²) in [5.41, 5.74) is 3.91. The quantitative estimate of drug-likeness (QED) is 0.566. The summed E-state index contributed by atoms with van der Waals surface area (Å²) in [5, 5.41) is 2.87. The van der Waals surface area contributed by atoms with Crippen LogP contribution in [0.15, 0.2) is 65.6 Å². The number of methoxy groups -OCH3 is 1. The van der Waals surface area contributed by atoms with Gasteiger partial charge in [0.25, 0.3) is 11.5 Å². The van der Waals surface area contributed by atoms with Gasteiger partial charge in [0.1, 0.15) is 17.0 Å². The first-order chi connectivity index (χ1) is 14.5. The minimum atomic E-state index is -0.269. The van der Waals surface area contributed by atoms with Gasteiger partial charge in [-0.3, -0.25) is 14.2 Å². The Kier molecular flexibility index (Phi) is 5.02. The molecule has 2 heterocycles. The van der Waals surface area contributed by atoms with Crippen LogP contribution in [0, 0.1) is 6.92 Å². The second-order valence-electron chi connectivity index (χ2n) is 6.91. The van der Waals surface area contributed by atoms with E-state index >= 15 is 0 Å². The molecule has 0 unspecified atom stereocenters. The number of hydrogen-bond acceptors (Lipinski definition) is 5. The van der Waals surface area contributed by atoms with Gasteiger partial charge in [0.05, 0.1) is 12.8 Å². The maximum Gasteiger partial charge on any atom is 0.278 e. The Hall–Kier alpha value is -4.00. The molecule has 1 N–H and O–H groups in total. The van der Waals surface area contributed by atoms with Crippen molar-refractivity contribution in [2.45, 2.75) is 6.92 Å². The number of amides is 1. The van der Waals surface area contributed by atoms with Crippen LogP contribution in [0.2, 0.25) is 0 Å². The number of benzene rings is 2. The number of ether oxygens (including phenoxy) is 1. The molecule has 7 nitrogen and oxygen atoms in total. The summed E-state index contributed by atoms with van der Waals surface area (Å²) < 4.78 is 6.78. The zero-order valence-electron chi connectivity index (χ0n) is 16.8. The van der Waals surface area contributed by atoms with Gasteiger partial charge >= 0.3 is 0 Å². The van der Waals surface area contributed by atoms with E-state index in [4.69, 9.17) is 4.74 Å². The zero-order chi connectivity index (χ0) is 21.3. The lowest BCUT2D eigenvalue weighted by molar-refractivity contribution is 0.102. The smallest absolute Gasteiger partial charge is 0.278 e. The van der Waals surface area contributed by atoms with E-state index in [0.717, 1.165) is 5.56 Å². The average Bonchev–Trinajstić information content (AvgIpc) is 2.76. The normalized spacial score (nSPS) is 10.8. The summed E-state index contributed by atoms with van der Waals surface area (Å²) in [4.78, 5) is 34.1. The highest BCUT2D eigenvalue weighted by molar-refractivity contribution is 6.05. The standard InChI is InChI=1S/C23H20N4O3/c1-14-6-11-19(30-3)18(13-14)26-22(28)16-9-7-15(8-10-16)20-23(29)27(2)21-17(25-20)5-4-12-24-21/h4-13H,1-3H3,(H,26,28). The number of fused-ring (bicyclic) bond motifs is 1. The molecule has 0 radical (unpaired) electrons. The van der Waals surface area contributed by atoms with Crippen LogP contribution in [0.25, 0.3) is 22.4 Å². The van der Waals surface area contributed by atoms with Crippen LogP contribution in [0.1, 0.15) is 15.9 Å². The van der Waals surface area contributed by atoms with E-state index < -0.39 is 0 Å². The first-order valence-corrected chi connectivity index (χ1v) is 9.36. The molecule has 0 saturated carbocycles. The monoisotopic (exact) mass is 400 g/mol. The summed E-state index contributed by atoms with van der Waals surface area (Å²) in [5.74, 6) is 0.317. The molecule has 0 aliphatic rings. The summed E-state index contributed by atoms with van der Waals surface area (Å²) in [6.45, 7) is 1.94. The van der Waals surface area contributed by atoms with Crippen molar-refractivity contribution in [2.24, 2.45) is 7.05 Å². The highest BCUT2D eigenvalue weighted by Crippen LogP contribution is 2.26. The van der Waals surface area contributed by atoms with Crippen LogP contribution >= 0.6 is 0 Å². The lowest BCUT2D eigenvalue weighted by atomic mass is 10.1. The molecule has 0 saturated heterocycles. The van der Waals surface area contributed by atoms with Crippen molar-refractivity contribution in [2.75, 3.05) is 12.4 Å². The fourth-order valence-corrected chi connectivity index (χ4v) is 3.24. The largest absolute Gasteiger partial charge is 0.495 e. The number of pyridine rings is 1. The third-order valence-electron chi connectivity index (χ3n) is 4.85. The van der Waals surface area contributed by atoms with Crippen molar-refractivity contribution in [1.29, 1.82) is 0 Å². The summed E-state index contributed by atoms with van der Waals surface area (Å²) in [6.07, 6.45) is 1.62. The number of aryl methyl sites for hydroxylation is 2. The Morgan fingerprint density at radius 3 is 2.60 bits per heavy atom. The van der Waals surface area contributed by atoms with Gasteiger partial charge in [-0.15, -0.1) is 0 Å². The third-order valence-corrected chi connectivity index (χ3v) is 4.85. The number of anilines is 1. The summed E-state index contributed by atoms with van der Waals surface area (Å²) in [6, 6.07) is 15.9. The molecule has 150 valence electrons. The van der Waals surface area contributed by atoms with Crippen molar-refractivity contribution in [3.63, 3.8) is 0 Å². The number of rotatable bonds is 4. The number of nitrogens with one attached hydrogen (secondary N) is 1. The predicted molar refractivity (Wildman–Crippen MR) is 116 cm³/mol. The van der Waals surface area contributed by atoms with Gasteiger partial charge in [-0.1, -0.05) is 18.2 Å². The maximum absolute atomic E-state index is 12.7. The first kappa shape index (κ1) is 19.3. The molecule has 30 heavy (non-hydrogen) atoms. The lowest BCUT2D eigenvalue weighted by Crippen LogP contribution is -2.21. The Labute approximate surface area is 173 Å². The molecule has 2 aromatic carbocycles.